The van der Waals surface area contributed by atoms with Crippen LogP contribution in [0.25, 0.3) is 0 Å². The van der Waals surface area contributed by atoms with Crippen LogP contribution in [-0.4, -0.2) is 24.9 Å². The van der Waals surface area contributed by atoms with Crippen LogP contribution in [0.15, 0.2) is 0 Å². The second-order valence-electron chi connectivity index (χ2n) is 3.14. The lowest BCUT2D eigenvalue weighted by molar-refractivity contribution is 0.333. The van der Waals surface area contributed by atoms with Gasteiger partial charge in [-0.3, -0.25) is 5.32 Å². The van der Waals surface area contributed by atoms with Crippen LogP contribution in [0, 0.1) is 0 Å². The third-order valence-electron chi connectivity index (χ3n) is 2.26. The molecular weight excluding hydrogens is 128 g/mol. The van der Waals surface area contributed by atoms with Crippen LogP contribution in [0.2, 0.25) is 0 Å². The molecule has 0 aromatic carbocycles. The largest absolute Gasteiger partial charge is 0.352 e. The molecule has 2 heterocycles. The molecule has 2 aliphatic heterocycles. The SMILES string of the molecule is NC1CCCCNC2OC12. The molecule has 0 spiro atoms. The highest BCUT2D eigenvalue weighted by Crippen LogP contribution is 2.25. The lowest BCUT2D eigenvalue weighted by Gasteiger charge is -2.11. The van der Waals surface area contributed by atoms with Gasteiger partial charge in [-0.25, -0.2) is 0 Å². The molecule has 0 bridgehead atoms. The molecule has 3 atom stereocenters. The quantitative estimate of drug-likeness (QED) is 0.461. The Morgan fingerprint density at radius 1 is 1.40 bits per heavy atom. The van der Waals surface area contributed by atoms with Gasteiger partial charge in [0.1, 0.15) is 12.3 Å². The van der Waals surface area contributed by atoms with Gasteiger partial charge >= 0.3 is 0 Å². The summed E-state index contributed by atoms with van der Waals surface area (Å²) >= 11 is 0. The Morgan fingerprint density at radius 3 is 3.20 bits per heavy atom. The van der Waals surface area contributed by atoms with Crippen molar-refractivity contribution < 1.29 is 4.74 Å². The molecule has 0 saturated carbocycles. The van der Waals surface area contributed by atoms with Crippen molar-refractivity contribution in [3.05, 3.63) is 0 Å². The Hall–Kier alpha value is -0.120. The maximum atomic E-state index is 5.82. The molecule has 2 rings (SSSR count). The first-order valence-electron chi connectivity index (χ1n) is 4.02. The zero-order chi connectivity index (χ0) is 6.97. The van der Waals surface area contributed by atoms with Crippen molar-refractivity contribution in [3.8, 4) is 0 Å². The van der Waals surface area contributed by atoms with Gasteiger partial charge < -0.3 is 10.5 Å². The van der Waals surface area contributed by atoms with E-state index in [0.717, 1.165) is 13.0 Å². The van der Waals surface area contributed by atoms with Gasteiger partial charge in [-0.15, -0.1) is 0 Å². The molecule has 0 aromatic heterocycles. The fraction of sp³-hybridized carbons (Fsp3) is 1.00. The van der Waals surface area contributed by atoms with E-state index in [1.807, 2.05) is 0 Å². The minimum Gasteiger partial charge on any atom is -0.352 e. The van der Waals surface area contributed by atoms with Crippen molar-refractivity contribution in [2.45, 2.75) is 37.6 Å². The Morgan fingerprint density at radius 2 is 2.30 bits per heavy atom. The molecule has 2 aliphatic rings. The Balaban J connectivity index is 1.88. The van der Waals surface area contributed by atoms with Gasteiger partial charge in [0, 0.05) is 6.04 Å². The second-order valence-corrected chi connectivity index (χ2v) is 3.14. The first-order chi connectivity index (χ1) is 4.88. The van der Waals surface area contributed by atoms with E-state index in [2.05, 4.69) is 5.32 Å². The van der Waals surface area contributed by atoms with E-state index in [1.54, 1.807) is 0 Å². The van der Waals surface area contributed by atoms with E-state index < -0.39 is 0 Å². The third-order valence-corrected chi connectivity index (χ3v) is 2.26. The molecule has 2 fully saturated rings. The zero-order valence-corrected chi connectivity index (χ0v) is 6.05. The van der Waals surface area contributed by atoms with Gasteiger partial charge in [-0.1, -0.05) is 6.42 Å². The van der Waals surface area contributed by atoms with E-state index in [1.165, 1.54) is 12.8 Å². The Labute approximate surface area is 60.9 Å². The van der Waals surface area contributed by atoms with E-state index in [4.69, 9.17) is 10.5 Å². The first kappa shape index (κ1) is 6.58. The summed E-state index contributed by atoms with van der Waals surface area (Å²) in [6.45, 7) is 1.09. The number of fused-ring (bicyclic) bond motifs is 1. The van der Waals surface area contributed by atoms with Crippen LogP contribution >= 0.6 is 0 Å². The maximum Gasteiger partial charge on any atom is 0.136 e. The summed E-state index contributed by atoms with van der Waals surface area (Å²) in [7, 11) is 0. The molecule has 3 nitrogen and oxygen atoms in total. The summed E-state index contributed by atoms with van der Waals surface area (Å²) in [4.78, 5) is 0. The summed E-state index contributed by atoms with van der Waals surface area (Å²) in [5, 5.41) is 3.29. The third kappa shape index (κ3) is 1.17. The van der Waals surface area contributed by atoms with Gasteiger partial charge in [0.2, 0.25) is 0 Å². The van der Waals surface area contributed by atoms with E-state index >= 15 is 0 Å². The first-order valence-corrected chi connectivity index (χ1v) is 4.02. The standard InChI is InChI=1S/C7H14N2O/c8-5-3-1-2-4-9-7-6(5)10-7/h5-7,9H,1-4,8H2. The molecule has 3 unspecified atom stereocenters. The number of rotatable bonds is 0. The minimum atomic E-state index is 0.276. The lowest BCUT2D eigenvalue weighted by atomic mass is 10.1. The summed E-state index contributed by atoms with van der Waals surface area (Å²) in [6, 6.07) is 0.276. The zero-order valence-electron chi connectivity index (χ0n) is 6.05. The fourth-order valence-electron chi connectivity index (χ4n) is 1.53. The van der Waals surface area contributed by atoms with Crippen molar-refractivity contribution in [2.24, 2.45) is 5.73 Å². The molecule has 0 radical (unpaired) electrons. The lowest BCUT2D eigenvalue weighted by Crippen LogP contribution is -2.34. The van der Waals surface area contributed by atoms with Gasteiger partial charge in [0.15, 0.2) is 0 Å². The summed E-state index contributed by atoms with van der Waals surface area (Å²) in [5.74, 6) is 0. The normalized spacial score (nSPS) is 47.1. The van der Waals surface area contributed by atoms with E-state index in [-0.39, 0.29) is 12.3 Å². The molecule has 2 saturated heterocycles. The molecule has 0 amide bonds. The van der Waals surface area contributed by atoms with Crippen molar-refractivity contribution in [1.82, 2.24) is 5.32 Å². The molecule has 58 valence electrons. The molecule has 0 aliphatic carbocycles. The molecular formula is C7H14N2O. The smallest absolute Gasteiger partial charge is 0.136 e. The van der Waals surface area contributed by atoms with Crippen LogP contribution < -0.4 is 11.1 Å². The number of ether oxygens (including phenoxy) is 1. The van der Waals surface area contributed by atoms with Crippen LogP contribution in [0.3, 0.4) is 0 Å². The summed E-state index contributed by atoms with van der Waals surface area (Å²) in [6.07, 6.45) is 4.21. The molecule has 3 N–H and O–H groups in total. The number of epoxide rings is 1. The van der Waals surface area contributed by atoms with E-state index in [0.29, 0.717) is 6.10 Å². The van der Waals surface area contributed by atoms with E-state index in [9.17, 15) is 0 Å². The van der Waals surface area contributed by atoms with Crippen molar-refractivity contribution in [1.29, 1.82) is 0 Å². The predicted octanol–water partition coefficient (Wildman–Crippen LogP) is -0.188. The highest BCUT2D eigenvalue weighted by Gasteiger charge is 2.43. The van der Waals surface area contributed by atoms with Crippen molar-refractivity contribution in [2.75, 3.05) is 6.54 Å². The predicted molar refractivity (Wildman–Crippen MR) is 38.5 cm³/mol. The topological polar surface area (TPSA) is 50.6 Å². The summed E-state index contributed by atoms with van der Waals surface area (Å²) in [5.41, 5.74) is 5.82. The van der Waals surface area contributed by atoms with Gasteiger partial charge in [-0.05, 0) is 19.4 Å². The highest BCUT2D eigenvalue weighted by atomic mass is 16.6. The summed E-state index contributed by atoms with van der Waals surface area (Å²) < 4.78 is 5.31. The number of hydrogen-bond donors (Lipinski definition) is 2. The highest BCUT2D eigenvalue weighted by molar-refractivity contribution is 4.92. The number of nitrogens with two attached hydrogens (primary N) is 1. The Bertz CT molecular complexity index is 129. The minimum absolute atomic E-state index is 0.276. The van der Waals surface area contributed by atoms with Crippen molar-refractivity contribution >= 4 is 0 Å². The van der Waals surface area contributed by atoms with Crippen molar-refractivity contribution in [3.63, 3.8) is 0 Å². The molecule has 0 aromatic rings. The molecule has 3 heteroatoms. The number of nitrogens with one attached hydrogen (secondary N) is 1. The second kappa shape index (κ2) is 2.49. The molecule has 10 heavy (non-hydrogen) atoms. The monoisotopic (exact) mass is 142 g/mol. The average molecular weight is 142 g/mol. The Kier molecular flexibility index (Phi) is 1.64. The van der Waals surface area contributed by atoms with Crippen LogP contribution in [0.5, 0.6) is 0 Å². The average Bonchev–Trinajstić information content (AvgIpc) is 2.62. The number of hydrogen-bond acceptors (Lipinski definition) is 3. The van der Waals surface area contributed by atoms with Crippen LogP contribution in [0.4, 0.5) is 0 Å². The van der Waals surface area contributed by atoms with Gasteiger partial charge in [0.05, 0.1) is 0 Å². The fourth-order valence-corrected chi connectivity index (χ4v) is 1.53. The van der Waals surface area contributed by atoms with Crippen LogP contribution in [-0.2, 0) is 4.74 Å². The van der Waals surface area contributed by atoms with Crippen LogP contribution in [0.1, 0.15) is 19.3 Å². The van der Waals surface area contributed by atoms with Gasteiger partial charge in [-0.2, -0.15) is 0 Å². The van der Waals surface area contributed by atoms with Gasteiger partial charge in [0.25, 0.3) is 0 Å². The maximum absolute atomic E-state index is 5.82.